The predicted molar refractivity (Wildman–Crippen MR) is 125 cm³/mol. The molecule has 1 unspecified atom stereocenters. The van der Waals surface area contributed by atoms with E-state index in [0.29, 0.717) is 26.0 Å². The number of alkyl carbamates (subject to hydrolysis) is 1. The van der Waals surface area contributed by atoms with Gasteiger partial charge in [-0.25, -0.2) is 4.79 Å². The number of fused-ring (bicyclic) bond motifs is 3. The fourth-order valence-electron chi connectivity index (χ4n) is 4.83. The van der Waals surface area contributed by atoms with E-state index in [2.05, 4.69) is 17.4 Å². The summed E-state index contributed by atoms with van der Waals surface area (Å²) in [7, 11) is 0. The lowest BCUT2D eigenvalue weighted by molar-refractivity contribution is -0.141. The van der Waals surface area contributed by atoms with Crippen molar-refractivity contribution in [3.8, 4) is 11.1 Å². The summed E-state index contributed by atoms with van der Waals surface area (Å²) in [5.74, 6) is -1.39. The second-order valence-electron chi connectivity index (χ2n) is 8.77. The quantitative estimate of drug-likeness (QED) is 0.587. The summed E-state index contributed by atoms with van der Waals surface area (Å²) in [6.45, 7) is 2.90. The Morgan fingerprint density at radius 3 is 2.29 bits per heavy atom. The SMILES string of the molecule is CCCN(CCC(=O)O)C(=O)C1(NC(=O)OCC2c3ccccc3-c3ccccc32)CCOC1. The van der Waals surface area contributed by atoms with Gasteiger partial charge in [-0.3, -0.25) is 9.59 Å². The Balaban J connectivity index is 1.46. The molecule has 1 aliphatic carbocycles. The van der Waals surface area contributed by atoms with Crippen LogP contribution in [0.25, 0.3) is 11.1 Å². The molecule has 0 saturated carbocycles. The number of amides is 2. The van der Waals surface area contributed by atoms with Crippen LogP contribution in [0.4, 0.5) is 4.79 Å². The fourth-order valence-corrected chi connectivity index (χ4v) is 4.83. The lowest BCUT2D eigenvalue weighted by Crippen LogP contribution is -2.60. The van der Waals surface area contributed by atoms with Gasteiger partial charge in [0.05, 0.1) is 13.0 Å². The van der Waals surface area contributed by atoms with Gasteiger partial charge in [-0.15, -0.1) is 0 Å². The van der Waals surface area contributed by atoms with Crippen LogP contribution in [0.5, 0.6) is 0 Å². The summed E-state index contributed by atoms with van der Waals surface area (Å²) in [6.07, 6.45) is 0.139. The van der Waals surface area contributed by atoms with E-state index in [1.165, 1.54) is 4.90 Å². The van der Waals surface area contributed by atoms with Crippen molar-refractivity contribution in [1.29, 1.82) is 0 Å². The summed E-state index contributed by atoms with van der Waals surface area (Å²) < 4.78 is 11.1. The Morgan fingerprint density at radius 1 is 1.09 bits per heavy atom. The number of carboxylic acid groups (broad SMARTS) is 1. The normalized spacial score (nSPS) is 18.7. The molecule has 34 heavy (non-hydrogen) atoms. The van der Waals surface area contributed by atoms with Crippen LogP contribution in [0.2, 0.25) is 0 Å². The number of hydrogen-bond acceptors (Lipinski definition) is 5. The smallest absolute Gasteiger partial charge is 0.408 e. The van der Waals surface area contributed by atoms with Gasteiger partial charge in [-0.2, -0.15) is 0 Å². The Morgan fingerprint density at radius 2 is 1.74 bits per heavy atom. The van der Waals surface area contributed by atoms with Crippen molar-refractivity contribution in [3.63, 3.8) is 0 Å². The third-order valence-corrected chi connectivity index (χ3v) is 6.49. The minimum Gasteiger partial charge on any atom is -0.481 e. The molecule has 1 fully saturated rings. The fraction of sp³-hybridized carbons (Fsp3) is 0.423. The lowest BCUT2D eigenvalue weighted by Gasteiger charge is -2.33. The van der Waals surface area contributed by atoms with Crippen LogP contribution in [0.3, 0.4) is 0 Å². The summed E-state index contributed by atoms with van der Waals surface area (Å²) in [6, 6.07) is 16.2. The van der Waals surface area contributed by atoms with E-state index < -0.39 is 17.6 Å². The van der Waals surface area contributed by atoms with Crippen molar-refractivity contribution in [1.82, 2.24) is 10.2 Å². The molecule has 2 amide bonds. The molecule has 2 N–H and O–H groups in total. The van der Waals surface area contributed by atoms with Crippen molar-refractivity contribution < 1.29 is 29.0 Å². The summed E-state index contributed by atoms with van der Waals surface area (Å²) in [5, 5.41) is 11.8. The second kappa shape index (κ2) is 10.3. The maximum Gasteiger partial charge on any atom is 0.408 e. The Labute approximate surface area is 198 Å². The number of carbonyl (C=O) groups excluding carboxylic acids is 2. The number of benzene rings is 2. The minimum atomic E-state index is -1.25. The van der Waals surface area contributed by atoms with E-state index in [-0.39, 0.29) is 38.0 Å². The Bertz CT molecular complexity index is 1020. The van der Waals surface area contributed by atoms with Gasteiger partial charge in [0.1, 0.15) is 12.1 Å². The molecule has 2 aromatic rings. The predicted octanol–water partition coefficient (Wildman–Crippen LogP) is 3.40. The van der Waals surface area contributed by atoms with Crippen molar-refractivity contribution in [3.05, 3.63) is 59.7 Å². The van der Waals surface area contributed by atoms with Gasteiger partial charge < -0.3 is 24.8 Å². The van der Waals surface area contributed by atoms with E-state index in [0.717, 1.165) is 22.3 Å². The van der Waals surface area contributed by atoms with Gasteiger partial charge in [0.25, 0.3) is 5.91 Å². The lowest BCUT2D eigenvalue weighted by atomic mass is 9.96. The highest BCUT2D eigenvalue weighted by Crippen LogP contribution is 2.44. The number of nitrogens with zero attached hydrogens (tertiary/aromatic N) is 1. The number of hydrogen-bond donors (Lipinski definition) is 2. The number of ether oxygens (including phenoxy) is 2. The first-order valence-electron chi connectivity index (χ1n) is 11.7. The highest BCUT2D eigenvalue weighted by molar-refractivity contribution is 5.91. The molecule has 2 aromatic carbocycles. The van der Waals surface area contributed by atoms with E-state index in [9.17, 15) is 14.4 Å². The average molecular weight is 467 g/mol. The molecule has 1 atom stereocenters. The van der Waals surface area contributed by atoms with Crippen molar-refractivity contribution in [2.75, 3.05) is 32.9 Å². The number of rotatable bonds is 9. The first-order valence-corrected chi connectivity index (χ1v) is 11.7. The number of nitrogens with one attached hydrogen (secondary N) is 1. The third kappa shape index (κ3) is 4.77. The summed E-state index contributed by atoms with van der Waals surface area (Å²) in [5.41, 5.74) is 3.23. The molecular weight excluding hydrogens is 436 g/mol. The van der Waals surface area contributed by atoms with Crippen molar-refractivity contribution in [2.45, 2.75) is 37.6 Å². The minimum absolute atomic E-state index is 0.0311. The third-order valence-electron chi connectivity index (χ3n) is 6.49. The molecule has 0 bridgehead atoms. The molecule has 0 aromatic heterocycles. The van der Waals surface area contributed by atoms with Crippen LogP contribution in [0.1, 0.15) is 43.2 Å². The highest BCUT2D eigenvalue weighted by Gasteiger charge is 2.46. The number of aliphatic carboxylic acids is 1. The van der Waals surface area contributed by atoms with Gasteiger partial charge in [0.15, 0.2) is 0 Å². The van der Waals surface area contributed by atoms with Gasteiger partial charge in [0.2, 0.25) is 0 Å². The van der Waals surface area contributed by atoms with Gasteiger partial charge in [-0.1, -0.05) is 55.5 Å². The number of carbonyl (C=O) groups is 3. The van der Waals surface area contributed by atoms with Gasteiger partial charge >= 0.3 is 12.1 Å². The monoisotopic (exact) mass is 466 g/mol. The molecule has 1 heterocycles. The Kier molecular flexibility index (Phi) is 7.17. The molecule has 2 aliphatic rings. The van der Waals surface area contributed by atoms with Crippen LogP contribution < -0.4 is 5.32 Å². The number of carboxylic acids is 1. The maximum absolute atomic E-state index is 13.4. The van der Waals surface area contributed by atoms with E-state index in [1.807, 2.05) is 43.3 Å². The van der Waals surface area contributed by atoms with E-state index >= 15 is 0 Å². The van der Waals surface area contributed by atoms with Crippen molar-refractivity contribution >= 4 is 18.0 Å². The second-order valence-corrected chi connectivity index (χ2v) is 8.77. The zero-order valence-electron chi connectivity index (χ0n) is 19.3. The van der Waals surface area contributed by atoms with E-state index in [1.54, 1.807) is 0 Å². The zero-order valence-corrected chi connectivity index (χ0v) is 19.3. The largest absolute Gasteiger partial charge is 0.481 e. The molecule has 0 spiro atoms. The summed E-state index contributed by atoms with van der Waals surface area (Å²) >= 11 is 0. The molecule has 1 aliphatic heterocycles. The van der Waals surface area contributed by atoms with Crippen LogP contribution in [0, 0.1) is 0 Å². The van der Waals surface area contributed by atoms with Crippen LogP contribution in [-0.2, 0) is 19.1 Å². The molecule has 1 saturated heterocycles. The highest BCUT2D eigenvalue weighted by atomic mass is 16.6. The van der Waals surface area contributed by atoms with Gasteiger partial charge in [0, 0.05) is 32.0 Å². The first kappa shape index (κ1) is 23.8. The summed E-state index contributed by atoms with van der Waals surface area (Å²) in [4.78, 5) is 38.8. The molecule has 0 radical (unpaired) electrons. The van der Waals surface area contributed by atoms with Crippen LogP contribution in [-0.4, -0.2) is 66.4 Å². The van der Waals surface area contributed by atoms with E-state index in [4.69, 9.17) is 14.6 Å². The first-order chi connectivity index (χ1) is 16.4. The molecular formula is C26H30N2O6. The molecule has 8 heteroatoms. The van der Waals surface area contributed by atoms with Gasteiger partial charge in [-0.05, 0) is 28.7 Å². The van der Waals surface area contributed by atoms with Crippen molar-refractivity contribution in [2.24, 2.45) is 0 Å². The van der Waals surface area contributed by atoms with Crippen LogP contribution >= 0.6 is 0 Å². The molecule has 8 nitrogen and oxygen atoms in total. The molecule has 4 rings (SSSR count). The topological polar surface area (TPSA) is 105 Å². The maximum atomic E-state index is 13.4. The average Bonchev–Trinajstić information content (AvgIpc) is 3.43. The zero-order chi connectivity index (χ0) is 24.1. The molecule has 180 valence electrons. The van der Waals surface area contributed by atoms with Crippen LogP contribution in [0.15, 0.2) is 48.5 Å². The Hall–Kier alpha value is -3.39. The standard InChI is InChI=1S/C26H30N2O6/c1-2-13-28(14-11-23(29)30)24(31)26(12-15-33-17-26)27-25(32)34-16-22-20-9-5-3-7-18(20)19-8-4-6-10-21(19)22/h3-10,22H,2,11-17H2,1H3,(H,27,32)(H,29,30).